The molecule has 4 heteroatoms. The van der Waals surface area contributed by atoms with E-state index in [0.29, 0.717) is 6.54 Å². The molecule has 24 heavy (non-hydrogen) atoms. The van der Waals surface area contributed by atoms with Gasteiger partial charge in [-0.25, -0.2) is 0 Å². The van der Waals surface area contributed by atoms with E-state index in [2.05, 4.69) is 33.0 Å². The van der Waals surface area contributed by atoms with Gasteiger partial charge in [-0.1, -0.05) is 33.8 Å². The van der Waals surface area contributed by atoms with Gasteiger partial charge in [-0.3, -0.25) is 4.79 Å². The molecular formula is C20H32N2O2. The summed E-state index contributed by atoms with van der Waals surface area (Å²) in [4.78, 5) is 14.9. The second-order valence-electron chi connectivity index (χ2n) is 8.69. The van der Waals surface area contributed by atoms with Crippen molar-refractivity contribution < 1.29 is 9.90 Å². The van der Waals surface area contributed by atoms with Crippen molar-refractivity contribution in [2.75, 3.05) is 31.6 Å². The van der Waals surface area contributed by atoms with E-state index in [4.69, 9.17) is 0 Å². The molecule has 1 amide bonds. The summed E-state index contributed by atoms with van der Waals surface area (Å²) in [7, 11) is 0. The molecule has 0 spiro atoms. The number of anilines is 1. The van der Waals surface area contributed by atoms with E-state index in [9.17, 15) is 9.90 Å². The lowest BCUT2D eigenvalue weighted by molar-refractivity contribution is 0.0357. The molecule has 1 heterocycles. The van der Waals surface area contributed by atoms with Crippen LogP contribution in [0, 0.1) is 17.8 Å². The van der Waals surface area contributed by atoms with E-state index in [1.165, 1.54) is 0 Å². The first-order valence-electron chi connectivity index (χ1n) is 8.89. The Kier molecular flexibility index (Phi) is 5.59. The van der Waals surface area contributed by atoms with Crippen molar-refractivity contribution in [3.8, 4) is 0 Å². The number of likely N-dealkylation sites (tertiary alicyclic amines) is 1. The Bertz CT molecular complexity index is 592. The highest BCUT2D eigenvalue weighted by atomic mass is 16.3. The van der Waals surface area contributed by atoms with E-state index in [0.717, 1.165) is 42.7 Å². The van der Waals surface area contributed by atoms with Gasteiger partial charge in [-0.05, 0) is 42.9 Å². The van der Waals surface area contributed by atoms with Gasteiger partial charge < -0.3 is 15.3 Å². The maximum atomic E-state index is 13.0. The number of benzene rings is 1. The van der Waals surface area contributed by atoms with Gasteiger partial charge in [-0.2, -0.15) is 0 Å². The maximum absolute atomic E-state index is 13.0. The Hall–Kier alpha value is -1.55. The monoisotopic (exact) mass is 332 g/mol. The second-order valence-corrected chi connectivity index (χ2v) is 8.69. The number of carbonyl (C=O) groups is 1. The van der Waals surface area contributed by atoms with Gasteiger partial charge in [0, 0.05) is 36.3 Å². The summed E-state index contributed by atoms with van der Waals surface area (Å²) in [5.74, 6) is 0.0753. The fourth-order valence-corrected chi connectivity index (χ4v) is 3.21. The molecule has 1 aromatic rings. The predicted octanol–water partition coefficient (Wildman–Crippen LogP) is 3.69. The molecule has 2 N–H and O–H groups in total. The zero-order valence-corrected chi connectivity index (χ0v) is 15.8. The third-order valence-electron chi connectivity index (χ3n) is 4.82. The molecule has 1 unspecified atom stereocenters. The van der Waals surface area contributed by atoms with Gasteiger partial charge in [0.1, 0.15) is 0 Å². The number of nitrogens with zero attached hydrogens (tertiary/aromatic N) is 1. The first kappa shape index (κ1) is 18.8. The van der Waals surface area contributed by atoms with Crippen LogP contribution in [-0.4, -0.2) is 42.2 Å². The number of rotatable bonds is 4. The molecule has 134 valence electrons. The quantitative estimate of drug-likeness (QED) is 0.884. The standard InChI is InChI=1S/C20H32N2O2/c1-15-16(8-6-9-17(15)21-12-19(2,3)4)18(24)22-11-7-10-20(5,13-22)14-23/h6,8-9,21,23H,7,10-14H2,1-5H3. The number of nitrogens with one attached hydrogen (secondary N) is 1. The number of carbonyl (C=O) groups excluding carboxylic acids is 1. The van der Waals surface area contributed by atoms with Crippen LogP contribution < -0.4 is 5.32 Å². The molecule has 1 aromatic carbocycles. The van der Waals surface area contributed by atoms with E-state index in [-0.39, 0.29) is 23.3 Å². The summed E-state index contributed by atoms with van der Waals surface area (Å²) in [6, 6.07) is 5.89. The number of aliphatic hydroxyl groups is 1. The molecule has 0 aromatic heterocycles. The molecule has 1 aliphatic rings. The zero-order chi connectivity index (χ0) is 18.0. The average Bonchev–Trinajstić information content (AvgIpc) is 2.52. The van der Waals surface area contributed by atoms with E-state index in [1.54, 1.807) is 0 Å². The van der Waals surface area contributed by atoms with Crippen LogP contribution in [0.1, 0.15) is 56.5 Å². The molecule has 1 atom stereocenters. The Morgan fingerprint density at radius 3 is 2.71 bits per heavy atom. The number of hydrogen-bond donors (Lipinski definition) is 2. The summed E-state index contributed by atoms with van der Waals surface area (Å²) in [6.07, 6.45) is 1.92. The molecule has 0 bridgehead atoms. The minimum Gasteiger partial charge on any atom is -0.396 e. The van der Waals surface area contributed by atoms with Gasteiger partial charge in [0.25, 0.3) is 5.91 Å². The molecule has 2 rings (SSSR count). The van der Waals surface area contributed by atoms with E-state index < -0.39 is 0 Å². The Labute approximate surface area is 146 Å². The second kappa shape index (κ2) is 7.14. The van der Waals surface area contributed by atoms with E-state index >= 15 is 0 Å². The number of hydrogen-bond acceptors (Lipinski definition) is 3. The first-order chi connectivity index (χ1) is 11.2. The lowest BCUT2D eigenvalue weighted by Crippen LogP contribution is -2.46. The topological polar surface area (TPSA) is 52.6 Å². The van der Waals surface area contributed by atoms with Crippen LogP contribution in [-0.2, 0) is 0 Å². The highest BCUT2D eigenvalue weighted by Crippen LogP contribution is 2.30. The SMILES string of the molecule is Cc1c(NCC(C)(C)C)cccc1C(=O)N1CCCC(C)(CO)C1. The Balaban J connectivity index is 2.18. The van der Waals surface area contributed by atoms with Gasteiger partial charge in [-0.15, -0.1) is 0 Å². The van der Waals surface area contributed by atoms with Crippen LogP contribution in [0.25, 0.3) is 0 Å². The van der Waals surface area contributed by atoms with Gasteiger partial charge >= 0.3 is 0 Å². The van der Waals surface area contributed by atoms with Crippen molar-refractivity contribution in [2.45, 2.75) is 47.5 Å². The number of amides is 1. The van der Waals surface area contributed by atoms with Crippen molar-refractivity contribution in [1.29, 1.82) is 0 Å². The van der Waals surface area contributed by atoms with E-state index in [1.807, 2.05) is 30.0 Å². The Morgan fingerprint density at radius 1 is 1.38 bits per heavy atom. The van der Waals surface area contributed by atoms with Crippen LogP contribution in [0.5, 0.6) is 0 Å². The molecule has 4 nitrogen and oxygen atoms in total. The summed E-state index contributed by atoms with van der Waals surface area (Å²) < 4.78 is 0. The van der Waals surface area contributed by atoms with Crippen LogP contribution in [0.4, 0.5) is 5.69 Å². The summed E-state index contributed by atoms with van der Waals surface area (Å²) in [6.45, 7) is 13.0. The number of aliphatic hydroxyl groups excluding tert-OH is 1. The number of piperidine rings is 1. The van der Waals surface area contributed by atoms with Crippen molar-refractivity contribution in [1.82, 2.24) is 4.90 Å². The third kappa shape index (κ3) is 4.50. The smallest absolute Gasteiger partial charge is 0.254 e. The predicted molar refractivity (Wildman–Crippen MR) is 99.5 cm³/mol. The van der Waals surface area contributed by atoms with Crippen LogP contribution in [0.2, 0.25) is 0 Å². The van der Waals surface area contributed by atoms with Crippen LogP contribution >= 0.6 is 0 Å². The molecule has 1 fully saturated rings. The van der Waals surface area contributed by atoms with Crippen molar-refractivity contribution in [3.63, 3.8) is 0 Å². The molecule has 0 aliphatic carbocycles. The van der Waals surface area contributed by atoms with Crippen molar-refractivity contribution in [3.05, 3.63) is 29.3 Å². The molecule has 1 aliphatic heterocycles. The average molecular weight is 332 g/mol. The molecule has 1 saturated heterocycles. The van der Waals surface area contributed by atoms with Crippen LogP contribution in [0.15, 0.2) is 18.2 Å². The third-order valence-corrected chi connectivity index (χ3v) is 4.82. The van der Waals surface area contributed by atoms with Crippen LogP contribution in [0.3, 0.4) is 0 Å². The molecule has 0 saturated carbocycles. The normalized spacial score (nSPS) is 21.7. The minimum atomic E-state index is -0.177. The molecule has 0 radical (unpaired) electrons. The highest BCUT2D eigenvalue weighted by molar-refractivity contribution is 5.97. The summed E-state index contributed by atoms with van der Waals surface area (Å²) >= 11 is 0. The fraction of sp³-hybridized carbons (Fsp3) is 0.650. The first-order valence-corrected chi connectivity index (χ1v) is 8.89. The van der Waals surface area contributed by atoms with Crippen molar-refractivity contribution in [2.24, 2.45) is 10.8 Å². The largest absolute Gasteiger partial charge is 0.396 e. The lowest BCUT2D eigenvalue weighted by atomic mass is 9.82. The Morgan fingerprint density at radius 2 is 2.08 bits per heavy atom. The lowest BCUT2D eigenvalue weighted by Gasteiger charge is -2.39. The summed E-state index contributed by atoms with van der Waals surface area (Å²) in [5, 5.41) is 13.1. The van der Waals surface area contributed by atoms with Gasteiger partial charge in [0.05, 0.1) is 6.61 Å². The zero-order valence-electron chi connectivity index (χ0n) is 15.8. The molecular weight excluding hydrogens is 300 g/mol. The summed E-state index contributed by atoms with van der Waals surface area (Å²) in [5.41, 5.74) is 2.79. The minimum absolute atomic E-state index is 0.0753. The highest BCUT2D eigenvalue weighted by Gasteiger charge is 2.33. The van der Waals surface area contributed by atoms with Crippen molar-refractivity contribution >= 4 is 11.6 Å². The maximum Gasteiger partial charge on any atom is 0.254 e. The van der Waals surface area contributed by atoms with Gasteiger partial charge in [0.2, 0.25) is 0 Å². The fourth-order valence-electron chi connectivity index (χ4n) is 3.21. The van der Waals surface area contributed by atoms with Gasteiger partial charge in [0.15, 0.2) is 0 Å².